The fourth-order valence-corrected chi connectivity index (χ4v) is 1.96. The largest absolute Gasteiger partial charge is 0.350 e. The zero-order valence-electron chi connectivity index (χ0n) is 13.0. The van der Waals surface area contributed by atoms with Gasteiger partial charge >= 0.3 is 0 Å². The summed E-state index contributed by atoms with van der Waals surface area (Å²) in [7, 11) is 0. The molecule has 1 atom stereocenters. The highest BCUT2D eigenvalue weighted by Gasteiger charge is 2.13. The molecule has 120 valence electrons. The van der Waals surface area contributed by atoms with Crippen LogP contribution in [-0.2, 0) is 0 Å². The molecule has 0 aliphatic carbocycles. The van der Waals surface area contributed by atoms with Gasteiger partial charge in [-0.15, -0.1) is 0 Å². The maximum Gasteiger partial charge on any atom is 0.257 e. The summed E-state index contributed by atoms with van der Waals surface area (Å²) >= 11 is 5.81. The van der Waals surface area contributed by atoms with E-state index in [0.29, 0.717) is 21.8 Å². The highest BCUT2D eigenvalue weighted by Crippen LogP contribution is 2.14. The number of pyridine rings is 1. The number of nitrogens with one attached hydrogen (secondary N) is 2. The van der Waals surface area contributed by atoms with Crippen LogP contribution < -0.4 is 10.6 Å². The van der Waals surface area contributed by atoms with Crippen LogP contribution >= 0.6 is 11.6 Å². The van der Waals surface area contributed by atoms with E-state index >= 15 is 0 Å². The van der Waals surface area contributed by atoms with Gasteiger partial charge in [0.25, 0.3) is 11.8 Å². The monoisotopic (exact) mass is 331 g/mol. The number of carbonyl (C=O) groups excluding carboxylic acids is 2. The Hall–Kier alpha value is -2.40. The number of halogens is 1. The van der Waals surface area contributed by atoms with Gasteiger partial charge in [0.1, 0.15) is 0 Å². The van der Waals surface area contributed by atoms with Gasteiger partial charge in [-0.2, -0.15) is 0 Å². The molecule has 0 fully saturated rings. The first kappa shape index (κ1) is 17.0. The van der Waals surface area contributed by atoms with Crippen molar-refractivity contribution < 1.29 is 9.59 Å². The highest BCUT2D eigenvalue weighted by atomic mass is 35.5. The number of aromatic nitrogens is 1. The molecule has 1 aromatic heterocycles. The summed E-state index contributed by atoms with van der Waals surface area (Å²) in [6.45, 7) is 3.90. The minimum absolute atomic E-state index is 0.0639. The molecule has 0 bridgehead atoms. The van der Waals surface area contributed by atoms with Crippen LogP contribution in [0.4, 0.5) is 5.69 Å². The summed E-state index contributed by atoms with van der Waals surface area (Å²) in [5.41, 5.74) is 1.29. The molecule has 0 saturated carbocycles. The Labute approximate surface area is 140 Å². The molecule has 2 rings (SSSR count). The third-order valence-corrected chi connectivity index (χ3v) is 3.61. The van der Waals surface area contributed by atoms with Gasteiger partial charge < -0.3 is 10.6 Å². The van der Waals surface area contributed by atoms with Crippen molar-refractivity contribution in [1.82, 2.24) is 10.3 Å². The molecular formula is C17H18ClN3O2. The van der Waals surface area contributed by atoms with Gasteiger partial charge in [0, 0.05) is 29.1 Å². The Balaban J connectivity index is 2.10. The lowest BCUT2D eigenvalue weighted by Crippen LogP contribution is -2.32. The molecule has 1 unspecified atom stereocenters. The van der Waals surface area contributed by atoms with E-state index in [1.807, 2.05) is 13.8 Å². The molecule has 0 saturated heterocycles. The van der Waals surface area contributed by atoms with E-state index in [1.165, 1.54) is 18.5 Å². The van der Waals surface area contributed by atoms with E-state index in [1.54, 1.807) is 24.3 Å². The fourth-order valence-electron chi connectivity index (χ4n) is 1.83. The molecule has 0 radical (unpaired) electrons. The molecule has 5 nitrogen and oxygen atoms in total. The Kier molecular flexibility index (Phi) is 5.71. The molecule has 1 aromatic carbocycles. The fraction of sp³-hybridized carbons (Fsp3) is 0.235. The van der Waals surface area contributed by atoms with Crippen molar-refractivity contribution in [2.24, 2.45) is 0 Å². The first-order valence-electron chi connectivity index (χ1n) is 7.32. The predicted octanol–water partition coefficient (Wildman–Crippen LogP) is 3.52. The summed E-state index contributed by atoms with van der Waals surface area (Å²) in [6.07, 6.45) is 3.69. The van der Waals surface area contributed by atoms with E-state index in [2.05, 4.69) is 15.6 Å². The van der Waals surface area contributed by atoms with Crippen molar-refractivity contribution >= 4 is 29.1 Å². The van der Waals surface area contributed by atoms with Gasteiger partial charge in [0.15, 0.2) is 0 Å². The SMILES string of the molecule is CCC(C)NC(=O)c1cncc(C(=O)Nc2ccc(Cl)cc2)c1. The number of hydrogen-bond donors (Lipinski definition) is 2. The Morgan fingerprint density at radius 1 is 1.13 bits per heavy atom. The lowest BCUT2D eigenvalue weighted by molar-refractivity contribution is 0.0939. The molecule has 23 heavy (non-hydrogen) atoms. The third-order valence-electron chi connectivity index (χ3n) is 3.35. The van der Waals surface area contributed by atoms with Crippen LogP contribution in [-0.4, -0.2) is 22.8 Å². The van der Waals surface area contributed by atoms with Gasteiger partial charge in [-0.05, 0) is 43.7 Å². The molecule has 6 heteroatoms. The maximum absolute atomic E-state index is 12.2. The number of hydrogen-bond acceptors (Lipinski definition) is 3. The first-order chi connectivity index (χ1) is 11.0. The van der Waals surface area contributed by atoms with Crippen molar-refractivity contribution in [2.45, 2.75) is 26.3 Å². The van der Waals surface area contributed by atoms with E-state index in [-0.39, 0.29) is 17.9 Å². The summed E-state index contributed by atoms with van der Waals surface area (Å²) in [6, 6.07) is 8.36. The summed E-state index contributed by atoms with van der Waals surface area (Å²) < 4.78 is 0. The van der Waals surface area contributed by atoms with Crippen molar-refractivity contribution in [3.63, 3.8) is 0 Å². The van der Waals surface area contributed by atoms with Crippen LogP contribution in [0.5, 0.6) is 0 Å². The lowest BCUT2D eigenvalue weighted by atomic mass is 10.1. The molecule has 2 N–H and O–H groups in total. The van der Waals surface area contributed by atoms with Crippen LogP contribution in [0, 0.1) is 0 Å². The zero-order chi connectivity index (χ0) is 16.8. The average molecular weight is 332 g/mol. The molecule has 0 aliphatic rings. The predicted molar refractivity (Wildman–Crippen MR) is 90.9 cm³/mol. The Bertz CT molecular complexity index is 701. The van der Waals surface area contributed by atoms with E-state index in [4.69, 9.17) is 11.6 Å². The van der Waals surface area contributed by atoms with Gasteiger partial charge in [-0.1, -0.05) is 18.5 Å². The summed E-state index contributed by atoms with van der Waals surface area (Å²) in [5.74, 6) is -0.578. The number of carbonyl (C=O) groups is 2. The third kappa shape index (κ3) is 4.79. The molecule has 2 amide bonds. The maximum atomic E-state index is 12.2. The van der Waals surface area contributed by atoms with Gasteiger partial charge in [-0.3, -0.25) is 14.6 Å². The number of nitrogens with zero attached hydrogens (tertiary/aromatic N) is 1. The smallest absolute Gasteiger partial charge is 0.257 e. The van der Waals surface area contributed by atoms with Crippen LogP contribution in [0.3, 0.4) is 0 Å². The quantitative estimate of drug-likeness (QED) is 0.880. The number of rotatable bonds is 5. The summed E-state index contributed by atoms with van der Waals surface area (Å²) in [4.78, 5) is 28.3. The second-order valence-electron chi connectivity index (χ2n) is 5.21. The Morgan fingerprint density at radius 3 is 2.35 bits per heavy atom. The van der Waals surface area contributed by atoms with Crippen LogP contribution in [0.25, 0.3) is 0 Å². The number of amides is 2. The van der Waals surface area contributed by atoms with Crippen LogP contribution in [0.1, 0.15) is 41.0 Å². The topological polar surface area (TPSA) is 71.1 Å². The van der Waals surface area contributed by atoms with Gasteiger partial charge in [0.2, 0.25) is 0 Å². The first-order valence-corrected chi connectivity index (χ1v) is 7.70. The standard InChI is InChI=1S/C17H18ClN3O2/c1-3-11(2)20-16(22)12-8-13(10-19-9-12)17(23)21-15-6-4-14(18)5-7-15/h4-11H,3H2,1-2H3,(H,20,22)(H,21,23). The molecule has 0 spiro atoms. The van der Waals surface area contributed by atoms with Crippen LogP contribution in [0.2, 0.25) is 5.02 Å². The molecular weight excluding hydrogens is 314 g/mol. The van der Waals surface area contributed by atoms with Gasteiger partial charge in [-0.25, -0.2) is 0 Å². The van der Waals surface area contributed by atoms with Crippen molar-refractivity contribution in [1.29, 1.82) is 0 Å². The van der Waals surface area contributed by atoms with E-state index in [0.717, 1.165) is 6.42 Å². The zero-order valence-corrected chi connectivity index (χ0v) is 13.7. The highest BCUT2D eigenvalue weighted by molar-refractivity contribution is 6.30. The number of benzene rings is 1. The second kappa shape index (κ2) is 7.74. The molecule has 1 heterocycles. The molecule has 2 aromatic rings. The van der Waals surface area contributed by atoms with Crippen LogP contribution in [0.15, 0.2) is 42.7 Å². The van der Waals surface area contributed by atoms with Crippen molar-refractivity contribution in [2.75, 3.05) is 5.32 Å². The lowest BCUT2D eigenvalue weighted by Gasteiger charge is -2.11. The van der Waals surface area contributed by atoms with Crippen molar-refractivity contribution in [3.05, 3.63) is 58.9 Å². The van der Waals surface area contributed by atoms with E-state index in [9.17, 15) is 9.59 Å². The van der Waals surface area contributed by atoms with Gasteiger partial charge in [0.05, 0.1) is 11.1 Å². The van der Waals surface area contributed by atoms with Crippen molar-refractivity contribution in [3.8, 4) is 0 Å². The second-order valence-corrected chi connectivity index (χ2v) is 5.64. The summed E-state index contributed by atoms with van der Waals surface area (Å²) in [5, 5.41) is 6.17. The normalized spacial score (nSPS) is 11.6. The minimum atomic E-state index is -0.335. The molecule has 0 aliphatic heterocycles. The number of anilines is 1. The Morgan fingerprint density at radius 2 is 1.74 bits per heavy atom. The van der Waals surface area contributed by atoms with E-state index < -0.39 is 0 Å². The average Bonchev–Trinajstić information content (AvgIpc) is 2.56. The minimum Gasteiger partial charge on any atom is -0.350 e.